The molecule has 0 saturated carbocycles. The van der Waals surface area contributed by atoms with Gasteiger partial charge in [0.25, 0.3) is 5.91 Å². The number of hydrogen-bond donors (Lipinski definition) is 1. The van der Waals surface area contributed by atoms with E-state index in [2.05, 4.69) is 0 Å². The molecule has 1 N–H and O–H groups in total. The monoisotopic (exact) mass is 273 g/mol. The number of aliphatic hydroxyl groups excluding tert-OH is 1. The van der Waals surface area contributed by atoms with Gasteiger partial charge in [0.15, 0.2) is 0 Å². The summed E-state index contributed by atoms with van der Waals surface area (Å²) in [5.41, 5.74) is 0.402. The molecular formula is C12H13Cl2NO2. The van der Waals surface area contributed by atoms with Crippen molar-refractivity contribution < 1.29 is 9.90 Å². The molecular weight excluding hydrogens is 261 g/mol. The van der Waals surface area contributed by atoms with Gasteiger partial charge in [-0.1, -0.05) is 23.2 Å². The number of rotatable bonds is 2. The minimum Gasteiger partial charge on any atom is -0.394 e. The summed E-state index contributed by atoms with van der Waals surface area (Å²) in [6.45, 7) is 0.650. The fourth-order valence-corrected chi connectivity index (χ4v) is 2.48. The number of halogens is 2. The number of carbonyl (C=O) groups is 1. The number of likely N-dealkylation sites (tertiary alicyclic amines) is 1. The van der Waals surface area contributed by atoms with Crippen LogP contribution in [-0.2, 0) is 0 Å². The second-order valence-electron chi connectivity index (χ2n) is 4.10. The van der Waals surface area contributed by atoms with Crippen molar-refractivity contribution in [1.29, 1.82) is 0 Å². The summed E-state index contributed by atoms with van der Waals surface area (Å²) in [5, 5.41) is 10.1. The van der Waals surface area contributed by atoms with E-state index in [9.17, 15) is 9.90 Å². The molecule has 1 aromatic carbocycles. The molecule has 5 heteroatoms. The lowest BCUT2D eigenvalue weighted by Gasteiger charge is -2.23. The van der Waals surface area contributed by atoms with Crippen LogP contribution in [0.15, 0.2) is 18.2 Å². The Morgan fingerprint density at radius 3 is 2.94 bits per heavy atom. The van der Waals surface area contributed by atoms with Crippen LogP contribution in [0.3, 0.4) is 0 Å². The van der Waals surface area contributed by atoms with Crippen molar-refractivity contribution >= 4 is 29.1 Å². The molecule has 0 radical (unpaired) electrons. The van der Waals surface area contributed by atoms with Gasteiger partial charge in [0.2, 0.25) is 0 Å². The molecule has 1 aliphatic heterocycles. The molecule has 1 amide bonds. The van der Waals surface area contributed by atoms with Gasteiger partial charge in [-0.15, -0.1) is 0 Å². The lowest BCUT2D eigenvalue weighted by molar-refractivity contribution is 0.0678. The summed E-state index contributed by atoms with van der Waals surface area (Å²) in [4.78, 5) is 13.9. The first-order chi connectivity index (χ1) is 8.13. The number of aliphatic hydroxyl groups is 1. The highest BCUT2D eigenvalue weighted by molar-refractivity contribution is 6.35. The normalized spacial score (nSPS) is 19.7. The van der Waals surface area contributed by atoms with Crippen LogP contribution in [0.1, 0.15) is 23.2 Å². The van der Waals surface area contributed by atoms with E-state index in [1.165, 1.54) is 0 Å². The highest BCUT2D eigenvalue weighted by Crippen LogP contribution is 2.25. The number of hydrogen-bond acceptors (Lipinski definition) is 2. The third kappa shape index (κ3) is 2.57. The summed E-state index contributed by atoms with van der Waals surface area (Å²) in [6, 6.07) is 4.73. The first kappa shape index (κ1) is 12.7. The standard InChI is InChI=1S/C12H13Cl2NO2/c13-8-3-4-11(14)10(6-8)12(17)15-5-1-2-9(15)7-16/h3-4,6,9,16H,1-2,5,7H2/t9-/m1/s1. The fraction of sp³-hybridized carbons (Fsp3) is 0.417. The Hall–Kier alpha value is -0.770. The van der Waals surface area contributed by atoms with Crippen LogP contribution in [0.5, 0.6) is 0 Å². The Labute approximate surface area is 110 Å². The molecule has 0 aromatic heterocycles. The molecule has 92 valence electrons. The molecule has 0 aliphatic carbocycles. The predicted molar refractivity (Wildman–Crippen MR) is 67.6 cm³/mol. The Morgan fingerprint density at radius 1 is 1.47 bits per heavy atom. The van der Waals surface area contributed by atoms with Crippen LogP contribution in [-0.4, -0.2) is 35.1 Å². The van der Waals surface area contributed by atoms with Gasteiger partial charge in [-0.05, 0) is 31.0 Å². The third-order valence-electron chi connectivity index (χ3n) is 3.01. The molecule has 1 aromatic rings. The molecule has 0 spiro atoms. The number of amides is 1. The summed E-state index contributed by atoms with van der Waals surface area (Å²) in [6.07, 6.45) is 1.75. The first-order valence-electron chi connectivity index (χ1n) is 5.50. The molecule has 1 fully saturated rings. The van der Waals surface area contributed by atoms with Crippen molar-refractivity contribution in [3.05, 3.63) is 33.8 Å². The van der Waals surface area contributed by atoms with Gasteiger partial charge >= 0.3 is 0 Å². The molecule has 1 aliphatic rings. The topological polar surface area (TPSA) is 40.5 Å². The van der Waals surface area contributed by atoms with Gasteiger partial charge < -0.3 is 10.0 Å². The SMILES string of the molecule is O=C(c1cc(Cl)ccc1Cl)N1CCC[C@@H]1CO. The Bertz CT molecular complexity index is 437. The number of benzene rings is 1. The van der Waals surface area contributed by atoms with E-state index < -0.39 is 0 Å². The Balaban J connectivity index is 2.27. The zero-order valence-corrected chi connectivity index (χ0v) is 10.7. The zero-order chi connectivity index (χ0) is 12.4. The van der Waals surface area contributed by atoms with E-state index in [0.29, 0.717) is 22.2 Å². The molecule has 3 nitrogen and oxygen atoms in total. The molecule has 1 saturated heterocycles. The molecule has 17 heavy (non-hydrogen) atoms. The molecule has 0 unspecified atom stereocenters. The predicted octanol–water partition coefficient (Wildman–Crippen LogP) is 2.59. The van der Waals surface area contributed by atoms with Crippen molar-refractivity contribution in [3.63, 3.8) is 0 Å². The van der Waals surface area contributed by atoms with Gasteiger partial charge in [-0.25, -0.2) is 0 Å². The van der Waals surface area contributed by atoms with Crippen LogP contribution in [0.2, 0.25) is 10.0 Å². The summed E-state index contributed by atoms with van der Waals surface area (Å²) >= 11 is 11.9. The maximum atomic E-state index is 12.3. The van der Waals surface area contributed by atoms with Gasteiger partial charge in [0.1, 0.15) is 0 Å². The average molecular weight is 274 g/mol. The van der Waals surface area contributed by atoms with Gasteiger partial charge in [-0.3, -0.25) is 4.79 Å². The van der Waals surface area contributed by atoms with Crippen molar-refractivity contribution in [1.82, 2.24) is 4.90 Å². The van der Waals surface area contributed by atoms with Crippen molar-refractivity contribution in [3.8, 4) is 0 Å². The lowest BCUT2D eigenvalue weighted by Crippen LogP contribution is -2.37. The van der Waals surface area contributed by atoms with Crippen LogP contribution in [0.25, 0.3) is 0 Å². The third-order valence-corrected chi connectivity index (χ3v) is 3.57. The number of carbonyl (C=O) groups excluding carboxylic acids is 1. The van der Waals surface area contributed by atoms with E-state index >= 15 is 0 Å². The van der Waals surface area contributed by atoms with Gasteiger partial charge in [0.05, 0.1) is 23.2 Å². The smallest absolute Gasteiger partial charge is 0.255 e. The van der Waals surface area contributed by atoms with E-state index in [1.54, 1.807) is 23.1 Å². The number of nitrogens with zero attached hydrogens (tertiary/aromatic N) is 1. The van der Waals surface area contributed by atoms with Crippen molar-refractivity contribution in [2.45, 2.75) is 18.9 Å². The molecule has 1 atom stereocenters. The first-order valence-corrected chi connectivity index (χ1v) is 6.26. The van der Waals surface area contributed by atoms with Crippen molar-refractivity contribution in [2.24, 2.45) is 0 Å². The van der Waals surface area contributed by atoms with E-state index in [-0.39, 0.29) is 18.6 Å². The summed E-state index contributed by atoms with van der Waals surface area (Å²) in [7, 11) is 0. The largest absolute Gasteiger partial charge is 0.394 e. The van der Waals surface area contributed by atoms with E-state index in [1.807, 2.05) is 0 Å². The Morgan fingerprint density at radius 2 is 2.24 bits per heavy atom. The summed E-state index contributed by atoms with van der Waals surface area (Å²) < 4.78 is 0. The quantitative estimate of drug-likeness (QED) is 0.900. The summed E-state index contributed by atoms with van der Waals surface area (Å²) in [5.74, 6) is -0.158. The van der Waals surface area contributed by atoms with Gasteiger partial charge in [0, 0.05) is 11.6 Å². The van der Waals surface area contributed by atoms with Crippen LogP contribution in [0.4, 0.5) is 0 Å². The van der Waals surface area contributed by atoms with E-state index in [0.717, 1.165) is 12.8 Å². The second-order valence-corrected chi connectivity index (χ2v) is 4.94. The van der Waals surface area contributed by atoms with Crippen LogP contribution in [0, 0.1) is 0 Å². The van der Waals surface area contributed by atoms with Crippen LogP contribution >= 0.6 is 23.2 Å². The van der Waals surface area contributed by atoms with E-state index in [4.69, 9.17) is 23.2 Å². The maximum absolute atomic E-state index is 12.3. The zero-order valence-electron chi connectivity index (χ0n) is 9.20. The minimum absolute atomic E-state index is 0.01000. The second kappa shape index (κ2) is 5.25. The Kier molecular flexibility index (Phi) is 3.92. The van der Waals surface area contributed by atoms with Crippen LogP contribution < -0.4 is 0 Å². The maximum Gasteiger partial charge on any atom is 0.255 e. The fourth-order valence-electron chi connectivity index (χ4n) is 2.11. The molecule has 1 heterocycles. The molecule has 2 rings (SSSR count). The van der Waals surface area contributed by atoms with Crippen molar-refractivity contribution in [2.75, 3.05) is 13.2 Å². The lowest BCUT2D eigenvalue weighted by atomic mass is 10.1. The average Bonchev–Trinajstić information content (AvgIpc) is 2.79. The molecule has 0 bridgehead atoms. The van der Waals surface area contributed by atoms with Gasteiger partial charge in [-0.2, -0.15) is 0 Å². The highest BCUT2D eigenvalue weighted by Gasteiger charge is 2.29. The highest BCUT2D eigenvalue weighted by atomic mass is 35.5. The minimum atomic E-state index is -0.158.